The van der Waals surface area contributed by atoms with Crippen molar-refractivity contribution < 1.29 is 73.0 Å². The first-order valence-electron chi connectivity index (χ1n) is 1.46. The average Bonchev–Trinajstić information content (AvgIpc) is 1.14. The first-order valence-corrected chi connectivity index (χ1v) is 4.38. The van der Waals surface area contributed by atoms with Gasteiger partial charge >= 0.3 is 39.9 Å². The molecule has 0 aliphatic carbocycles. The molecule has 10 heteroatoms. The molecule has 0 saturated heterocycles. The minimum Gasteiger partial charge on any atom is -0.790 e. The molecule has 0 amide bonds. The standard InChI is InChI=1S/H4O7P2.Th/c1-8(2,3)7-9(4,5)6;/h(H2,1,2,3)(H2,4,5,6);/q;+4/p-4. The Morgan fingerprint density at radius 1 is 0.900 bits per heavy atom. The van der Waals surface area contributed by atoms with E-state index in [0.717, 1.165) is 0 Å². The smallest absolute Gasteiger partial charge is 0.790 e. The van der Waals surface area contributed by atoms with Gasteiger partial charge in [0.1, 0.15) is 0 Å². The summed E-state index contributed by atoms with van der Waals surface area (Å²) in [6, 6.07) is 0. The zero-order valence-corrected chi connectivity index (χ0v) is 10.2. The molecule has 0 radical (unpaired) electrons. The molecule has 0 rings (SSSR count). The number of phosphoric acid groups is 2. The second kappa shape index (κ2) is 4.57. The SMILES string of the molecule is O=P([O-])([O-])OP(=O)([O-])[O-].[Th+4]. The summed E-state index contributed by atoms with van der Waals surface area (Å²) in [4.78, 5) is 37.3. The molecule has 0 atom stereocenters. The third kappa shape index (κ3) is 12.3. The Morgan fingerprint density at radius 3 is 1.10 bits per heavy atom. The van der Waals surface area contributed by atoms with Crippen molar-refractivity contribution in [1.82, 2.24) is 0 Å². The van der Waals surface area contributed by atoms with Crippen LogP contribution in [-0.4, -0.2) is 0 Å². The quantitative estimate of drug-likeness (QED) is 0.438. The summed E-state index contributed by atoms with van der Waals surface area (Å²) in [6.07, 6.45) is 0. The van der Waals surface area contributed by atoms with Gasteiger partial charge in [0.05, 0.1) is 15.6 Å². The fraction of sp³-hybridized carbons (Fsp3) is 0. The molecule has 0 aliphatic heterocycles. The van der Waals surface area contributed by atoms with Crippen LogP contribution in [0, 0.1) is 39.9 Å². The van der Waals surface area contributed by atoms with Crippen LogP contribution in [0.3, 0.4) is 0 Å². The molecule has 0 bridgehead atoms. The van der Waals surface area contributed by atoms with E-state index in [1.54, 1.807) is 0 Å². The molecule has 10 heavy (non-hydrogen) atoms. The van der Waals surface area contributed by atoms with E-state index in [4.69, 9.17) is 0 Å². The number of hydrogen-bond donors (Lipinski definition) is 0. The third-order valence-electron chi connectivity index (χ3n) is 0.200. The van der Waals surface area contributed by atoms with Crippen molar-refractivity contribution in [3.05, 3.63) is 0 Å². The normalized spacial score (nSPS) is 12.4. The van der Waals surface area contributed by atoms with Gasteiger partial charge in [-0.05, 0) is 0 Å². The Kier molecular flexibility index (Phi) is 6.46. The maximum Gasteiger partial charge on any atom is 4.00 e. The van der Waals surface area contributed by atoms with E-state index < -0.39 is 15.6 Å². The molecule has 0 spiro atoms. The number of hydrogen-bond acceptors (Lipinski definition) is 7. The first kappa shape index (κ1) is 14.1. The first-order chi connectivity index (χ1) is 3.71. The van der Waals surface area contributed by atoms with Crippen LogP contribution in [0.5, 0.6) is 0 Å². The Balaban J connectivity index is 0. The van der Waals surface area contributed by atoms with E-state index in [-0.39, 0.29) is 39.9 Å². The topological polar surface area (TPSA) is 136 Å². The Labute approximate surface area is 87.9 Å². The minimum atomic E-state index is -5.68. The van der Waals surface area contributed by atoms with Crippen molar-refractivity contribution in [3.63, 3.8) is 0 Å². The Morgan fingerprint density at radius 2 is 1.10 bits per heavy atom. The zero-order valence-electron chi connectivity index (χ0n) is 4.25. The average molecular weight is 406 g/mol. The summed E-state index contributed by atoms with van der Waals surface area (Å²) in [7, 11) is -11.4. The van der Waals surface area contributed by atoms with Crippen molar-refractivity contribution in [1.29, 1.82) is 0 Å². The van der Waals surface area contributed by atoms with Gasteiger partial charge in [-0.25, -0.2) is 0 Å². The largest absolute Gasteiger partial charge is 4.00 e. The summed E-state index contributed by atoms with van der Waals surface area (Å²) in [5.74, 6) is 0. The predicted octanol–water partition coefficient (Wildman–Crippen LogP) is -3.34. The molecule has 0 unspecified atom stereocenters. The molecular formula is O7P2Th. The number of rotatable bonds is 2. The molecule has 0 fully saturated rings. The van der Waals surface area contributed by atoms with Gasteiger partial charge in [0.25, 0.3) is 0 Å². The zero-order chi connectivity index (χ0) is 7.71. The maximum absolute atomic E-state index is 9.32. The van der Waals surface area contributed by atoms with Gasteiger partial charge in [-0.1, -0.05) is 0 Å². The maximum atomic E-state index is 9.32. The van der Waals surface area contributed by atoms with Crippen LogP contribution in [0.25, 0.3) is 0 Å². The van der Waals surface area contributed by atoms with E-state index >= 15 is 0 Å². The van der Waals surface area contributed by atoms with Crippen LogP contribution in [0.4, 0.5) is 0 Å². The van der Waals surface area contributed by atoms with Gasteiger partial charge in [-0.3, -0.25) is 0 Å². The van der Waals surface area contributed by atoms with E-state index in [1.807, 2.05) is 0 Å². The van der Waals surface area contributed by atoms with E-state index in [2.05, 4.69) is 4.31 Å². The third-order valence-corrected chi connectivity index (χ3v) is 1.80. The molecule has 0 saturated carbocycles. The molecule has 56 valence electrons. The van der Waals surface area contributed by atoms with Gasteiger partial charge in [0, 0.05) is 0 Å². The molecule has 7 nitrogen and oxygen atoms in total. The minimum absolute atomic E-state index is 0. The summed E-state index contributed by atoms with van der Waals surface area (Å²) in [5.41, 5.74) is 0. The van der Waals surface area contributed by atoms with Crippen LogP contribution < -0.4 is 19.6 Å². The van der Waals surface area contributed by atoms with Crippen molar-refractivity contribution >= 4 is 15.6 Å². The van der Waals surface area contributed by atoms with Crippen LogP contribution >= 0.6 is 15.6 Å². The van der Waals surface area contributed by atoms with Gasteiger partial charge in [-0.15, -0.1) is 0 Å². The van der Waals surface area contributed by atoms with E-state index in [1.165, 1.54) is 0 Å². The van der Waals surface area contributed by atoms with Crippen molar-refractivity contribution in [2.24, 2.45) is 0 Å². The predicted molar refractivity (Wildman–Crippen MR) is 16.3 cm³/mol. The molecule has 0 N–H and O–H groups in total. The summed E-state index contributed by atoms with van der Waals surface area (Å²) in [5, 5.41) is 0. The molecule has 0 aromatic heterocycles. The van der Waals surface area contributed by atoms with E-state index in [0.29, 0.717) is 0 Å². The molecular weight excluding hydrogens is 406 g/mol. The van der Waals surface area contributed by atoms with Crippen LogP contribution in [0.2, 0.25) is 0 Å². The molecule has 0 aromatic rings. The van der Waals surface area contributed by atoms with Crippen LogP contribution in [-0.2, 0) is 13.4 Å². The van der Waals surface area contributed by atoms with Crippen molar-refractivity contribution in [2.45, 2.75) is 0 Å². The van der Waals surface area contributed by atoms with Gasteiger partial charge in [0.2, 0.25) is 0 Å². The van der Waals surface area contributed by atoms with Crippen LogP contribution in [0.1, 0.15) is 0 Å². The fourth-order valence-corrected chi connectivity index (χ4v) is 1.10. The Hall–Kier alpha value is 1.58. The monoisotopic (exact) mass is 406 g/mol. The molecule has 0 aliphatic rings. The Bertz CT molecular complexity index is 152. The molecule has 0 aromatic carbocycles. The van der Waals surface area contributed by atoms with Crippen LogP contribution in [0.15, 0.2) is 0 Å². The summed E-state index contributed by atoms with van der Waals surface area (Å²) >= 11 is 0. The summed E-state index contributed by atoms with van der Waals surface area (Å²) in [6.45, 7) is 0. The van der Waals surface area contributed by atoms with Crippen molar-refractivity contribution in [2.75, 3.05) is 0 Å². The summed E-state index contributed by atoms with van der Waals surface area (Å²) < 4.78 is 21.2. The van der Waals surface area contributed by atoms with Gasteiger partial charge in [0.15, 0.2) is 0 Å². The second-order valence-electron chi connectivity index (χ2n) is 0.976. The molecule has 0 heterocycles. The van der Waals surface area contributed by atoms with E-state index in [9.17, 15) is 28.7 Å². The fourth-order valence-electron chi connectivity index (χ4n) is 0.122. The van der Waals surface area contributed by atoms with Crippen molar-refractivity contribution in [3.8, 4) is 0 Å². The second-order valence-corrected chi connectivity index (χ2v) is 3.42. The van der Waals surface area contributed by atoms with Gasteiger partial charge < -0.3 is 33.0 Å². The van der Waals surface area contributed by atoms with Gasteiger partial charge in [-0.2, -0.15) is 0 Å².